The van der Waals surface area contributed by atoms with E-state index in [0.717, 1.165) is 11.3 Å². The number of rotatable bonds is 14. The van der Waals surface area contributed by atoms with Gasteiger partial charge in [-0.15, -0.1) is 0 Å². The number of nitrogens with two attached hydrogens (primary N) is 1. The number of hydrogen-bond donors (Lipinski definition) is 4. The van der Waals surface area contributed by atoms with Crippen LogP contribution < -0.4 is 31.2 Å². The van der Waals surface area contributed by atoms with Gasteiger partial charge in [0.2, 0.25) is 24.6 Å². The number of nitrogens with one attached hydrogen (secondary N) is 3. The summed E-state index contributed by atoms with van der Waals surface area (Å²) in [6, 6.07) is 15.6. The van der Waals surface area contributed by atoms with Crippen LogP contribution in [0.25, 0.3) is 0 Å². The first-order valence-corrected chi connectivity index (χ1v) is 11.1. The summed E-state index contributed by atoms with van der Waals surface area (Å²) in [7, 11) is 0. The van der Waals surface area contributed by atoms with Crippen LogP contribution in [0.4, 0.5) is 23.5 Å². The van der Waals surface area contributed by atoms with Gasteiger partial charge >= 0.3 is 0 Å². The molecule has 180 valence electrons. The highest BCUT2D eigenvalue weighted by molar-refractivity contribution is 5.61. The molecule has 0 atom stereocenters. The van der Waals surface area contributed by atoms with Crippen LogP contribution in [0.5, 0.6) is 11.5 Å². The lowest BCUT2D eigenvalue weighted by Gasteiger charge is -2.12. The fourth-order valence-corrected chi connectivity index (χ4v) is 3.11. The van der Waals surface area contributed by atoms with Gasteiger partial charge in [0.1, 0.15) is 0 Å². The minimum absolute atomic E-state index is 0.216. The average Bonchev–Trinajstić information content (AvgIpc) is 3.33. The number of anilines is 4. The molecule has 0 radical (unpaired) electrons. The largest absolute Gasteiger partial charge is 0.454 e. The Hall–Kier alpha value is -3.67. The second-order valence-electron chi connectivity index (χ2n) is 7.28. The van der Waals surface area contributed by atoms with Gasteiger partial charge in [0.25, 0.3) is 0 Å². The molecule has 2 heterocycles. The van der Waals surface area contributed by atoms with Gasteiger partial charge in [0, 0.05) is 31.4 Å². The molecule has 1 aliphatic rings. The van der Waals surface area contributed by atoms with Crippen molar-refractivity contribution >= 4 is 23.5 Å². The number of ether oxygens (including phenoxy) is 4. The summed E-state index contributed by atoms with van der Waals surface area (Å²) in [4.78, 5) is 13.5. The lowest BCUT2D eigenvalue weighted by Crippen LogP contribution is -2.17. The summed E-state index contributed by atoms with van der Waals surface area (Å²) in [6.07, 6.45) is 0. The first kappa shape index (κ1) is 23.5. The predicted molar refractivity (Wildman–Crippen MR) is 129 cm³/mol. The third-order valence-electron chi connectivity index (χ3n) is 4.72. The van der Waals surface area contributed by atoms with Crippen LogP contribution in [-0.2, 0) is 16.0 Å². The van der Waals surface area contributed by atoms with Crippen molar-refractivity contribution in [2.75, 3.05) is 62.3 Å². The molecule has 0 saturated carbocycles. The van der Waals surface area contributed by atoms with Crippen LogP contribution in [0.2, 0.25) is 0 Å². The smallest absolute Gasteiger partial charge is 0.233 e. The van der Waals surface area contributed by atoms with Crippen molar-refractivity contribution in [1.29, 1.82) is 0 Å². The van der Waals surface area contributed by atoms with Crippen LogP contribution in [-0.4, -0.2) is 61.3 Å². The Balaban J connectivity index is 1.38. The molecule has 1 aliphatic heterocycles. The van der Waals surface area contributed by atoms with Crippen molar-refractivity contribution in [1.82, 2.24) is 15.0 Å². The molecular formula is C23H29N7O4. The summed E-state index contributed by atoms with van der Waals surface area (Å²) >= 11 is 0. The molecule has 11 nitrogen and oxygen atoms in total. The fraction of sp³-hybridized carbons (Fsp3) is 0.348. The highest BCUT2D eigenvalue weighted by atomic mass is 16.7. The number of fused-ring (bicyclic) bond motifs is 1. The molecule has 3 aromatic rings. The normalized spacial score (nSPS) is 11.9. The van der Waals surface area contributed by atoms with Gasteiger partial charge in [0.15, 0.2) is 11.5 Å². The van der Waals surface area contributed by atoms with E-state index in [-0.39, 0.29) is 6.79 Å². The molecule has 1 aromatic heterocycles. The Morgan fingerprint density at radius 2 is 1.53 bits per heavy atom. The van der Waals surface area contributed by atoms with E-state index >= 15 is 0 Å². The summed E-state index contributed by atoms with van der Waals surface area (Å²) in [5.74, 6) is 2.65. The molecule has 0 unspecified atom stereocenters. The van der Waals surface area contributed by atoms with E-state index in [9.17, 15) is 0 Å². The molecule has 0 spiro atoms. The average molecular weight is 468 g/mol. The molecule has 0 aliphatic carbocycles. The Morgan fingerprint density at radius 1 is 0.794 bits per heavy atom. The minimum atomic E-state index is 0.216. The predicted octanol–water partition coefficient (Wildman–Crippen LogP) is 2.36. The van der Waals surface area contributed by atoms with Gasteiger partial charge in [-0.3, -0.25) is 0 Å². The minimum Gasteiger partial charge on any atom is -0.454 e. The number of benzene rings is 2. The molecule has 0 saturated heterocycles. The van der Waals surface area contributed by atoms with Crippen molar-refractivity contribution in [3.8, 4) is 11.5 Å². The van der Waals surface area contributed by atoms with Crippen molar-refractivity contribution in [3.05, 3.63) is 54.1 Å². The highest BCUT2D eigenvalue weighted by Crippen LogP contribution is 2.34. The van der Waals surface area contributed by atoms with E-state index < -0.39 is 0 Å². The molecule has 0 fully saturated rings. The second kappa shape index (κ2) is 12.5. The van der Waals surface area contributed by atoms with Gasteiger partial charge in [-0.1, -0.05) is 30.3 Å². The van der Waals surface area contributed by atoms with Gasteiger partial charge in [-0.05, 0) is 17.7 Å². The van der Waals surface area contributed by atoms with E-state index in [2.05, 4.69) is 30.9 Å². The Bertz CT molecular complexity index is 1040. The third-order valence-corrected chi connectivity index (χ3v) is 4.72. The van der Waals surface area contributed by atoms with E-state index in [4.69, 9.17) is 24.7 Å². The van der Waals surface area contributed by atoms with Crippen molar-refractivity contribution in [3.63, 3.8) is 0 Å². The monoisotopic (exact) mass is 467 g/mol. The van der Waals surface area contributed by atoms with Crippen LogP contribution >= 0.6 is 0 Å². The Kier molecular flexibility index (Phi) is 8.66. The zero-order chi connectivity index (χ0) is 23.4. The Labute approximate surface area is 198 Å². The standard InChI is InChI=1S/C23H29N7O4/c24-8-10-31-12-13-32-11-9-25-21-28-22(26-15-17-4-2-1-3-5-17)30-23(29-21)27-18-6-7-19-20(14-18)34-16-33-19/h1-7,14H,8-13,15-16,24H2,(H3,25,26,27,28,29,30). The van der Waals surface area contributed by atoms with E-state index in [1.165, 1.54) is 0 Å². The maximum Gasteiger partial charge on any atom is 0.233 e. The summed E-state index contributed by atoms with van der Waals surface area (Å²) < 4.78 is 21.7. The van der Waals surface area contributed by atoms with E-state index in [0.29, 0.717) is 75.4 Å². The van der Waals surface area contributed by atoms with Gasteiger partial charge in [0.05, 0.1) is 26.4 Å². The summed E-state index contributed by atoms with van der Waals surface area (Å²) in [5, 5.41) is 9.64. The zero-order valence-corrected chi connectivity index (χ0v) is 18.8. The topological polar surface area (TPSA) is 138 Å². The number of nitrogens with zero attached hydrogens (tertiary/aromatic N) is 3. The molecule has 0 amide bonds. The lowest BCUT2D eigenvalue weighted by molar-refractivity contribution is 0.0547. The third kappa shape index (κ3) is 7.17. The first-order chi connectivity index (χ1) is 16.8. The molecular weight excluding hydrogens is 438 g/mol. The van der Waals surface area contributed by atoms with Crippen LogP contribution in [0.15, 0.2) is 48.5 Å². The number of hydrogen-bond acceptors (Lipinski definition) is 11. The quantitative estimate of drug-likeness (QED) is 0.260. The van der Waals surface area contributed by atoms with E-state index in [1.54, 1.807) is 0 Å². The van der Waals surface area contributed by atoms with Crippen LogP contribution in [0.3, 0.4) is 0 Å². The highest BCUT2D eigenvalue weighted by Gasteiger charge is 2.14. The van der Waals surface area contributed by atoms with E-state index in [1.807, 2.05) is 48.5 Å². The van der Waals surface area contributed by atoms with Gasteiger partial charge in [-0.25, -0.2) is 0 Å². The first-order valence-electron chi connectivity index (χ1n) is 11.1. The maximum absolute atomic E-state index is 5.55. The molecule has 2 aromatic carbocycles. The molecule has 4 rings (SSSR count). The Morgan fingerprint density at radius 3 is 2.35 bits per heavy atom. The van der Waals surface area contributed by atoms with Crippen molar-refractivity contribution in [2.45, 2.75) is 6.54 Å². The molecule has 0 bridgehead atoms. The lowest BCUT2D eigenvalue weighted by atomic mass is 10.2. The van der Waals surface area contributed by atoms with Crippen LogP contribution in [0.1, 0.15) is 5.56 Å². The molecule has 34 heavy (non-hydrogen) atoms. The summed E-state index contributed by atoms with van der Waals surface area (Å²) in [5.41, 5.74) is 7.28. The fourth-order valence-electron chi connectivity index (χ4n) is 3.11. The molecule has 11 heteroatoms. The molecule has 5 N–H and O–H groups in total. The zero-order valence-electron chi connectivity index (χ0n) is 18.8. The van der Waals surface area contributed by atoms with Crippen LogP contribution in [0, 0.1) is 0 Å². The maximum atomic E-state index is 5.55. The van der Waals surface area contributed by atoms with Crippen molar-refractivity contribution in [2.24, 2.45) is 5.73 Å². The summed E-state index contributed by atoms with van der Waals surface area (Å²) in [6.45, 7) is 3.86. The van der Waals surface area contributed by atoms with Gasteiger partial charge in [-0.2, -0.15) is 15.0 Å². The van der Waals surface area contributed by atoms with Crippen molar-refractivity contribution < 1.29 is 18.9 Å². The second-order valence-corrected chi connectivity index (χ2v) is 7.28. The SMILES string of the molecule is NCCOCCOCCNc1nc(NCc2ccccc2)nc(Nc2ccc3c(c2)OCO3)n1. The number of aromatic nitrogens is 3. The van der Waals surface area contributed by atoms with Gasteiger partial charge < -0.3 is 40.6 Å².